The van der Waals surface area contributed by atoms with Gasteiger partial charge in [-0.1, -0.05) is 23.7 Å². The molecule has 1 aliphatic rings. The minimum Gasteiger partial charge on any atom is -0.206 e. The van der Waals surface area contributed by atoms with Crippen LogP contribution in [-0.2, 0) is 0 Å². The summed E-state index contributed by atoms with van der Waals surface area (Å²) < 4.78 is 13.4. The predicted octanol–water partition coefficient (Wildman–Crippen LogP) is 3.81. The lowest BCUT2D eigenvalue weighted by Gasteiger charge is -2.10. The topological polar surface area (TPSA) is 23.8 Å². The summed E-state index contributed by atoms with van der Waals surface area (Å²) in [5.74, 6) is -0.500. The van der Waals surface area contributed by atoms with Gasteiger partial charge in [0.15, 0.2) is 0 Å². The average Bonchev–Trinajstić information content (AvgIpc) is 2.29. The van der Waals surface area contributed by atoms with Crippen LogP contribution in [0.2, 0.25) is 0 Å². The van der Waals surface area contributed by atoms with Crippen molar-refractivity contribution in [3.63, 3.8) is 0 Å². The molecule has 0 heterocycles. The van der Waals surface area contributed by atoms with E-state index in [1.54, 1.807) is 18.2 Å². The van der Waals surface area contributed by atoms with E-state index in [4.69, 9.17) is 16.9 Å². The first-order valence-electron chi connectivity index (χ1n) is 4.81. The lowest BCUT2D eigenvalue weighted by molar-refractivity contribution is 0.623. The Morgan fingerprint density at radius 2 is 2.19 bits per heavy atom. The maximum atomic E-state index is 13.4. The molecule has 1 aromatic carbocycles. The third kappa shape index (κ3) is 2.15. The number of hydrogen-bond acceptors (Lipinski definition) is 1. The molecule has 3 heteroatoms. The van der Waals surface area contributed by atoms with Crippen LogP contribution in [0.25, 0.3) is 5.57 Å². The largest absolute Gasteiger partial charge is 0.206 e. The van der Waals surface area contributed by atoms with Crippen molar-refractivity contribution in [2.75, 3.05) is 0 Å². The number of nitrogens with zero attached hydrogens (tertiary/aromatic N) is 1. The van der Waals surface area contributed by atoms with E-state index >= 15 is 0 Å². The molecule has 0 unspecified atom stereocenters. The molecule has 0 saturated heterocycles. The number of allylic oxidation sites excluding steroid dienone is 4. The van der Waals surface area contributed by atoms with Crippen LogP contribution in [0.3, 0.4) is 0 Å². The van der Waals surface area contributed by atoms with Crippen molar-refractivity contribution in [3.8, 4) is 6.07 Å². The Bertz CT molecular complexity index is 523. The summed E-state index contributed by atoms with van der Waals surface area (Å²) in [6.07, 6.45) is 6.37. The van der Waals surface area contributed by atoms with Crippen LogP contribution in [0.4, 0.5) is 4.39 Å². The van der Waals surface area contributed by atoms with Crippen molar-refractivity contribution < 1.29 is 4.39 Å². The summed E-state index contributed by atoms with van der Waals surface area (Å²) in [6.45, 7) is 0. The molecule has 0 amide bonds. The Balaban J connectivity index is 2.39. The minimum atomic E-state index is -0.500. The lowest BCUT2D eigenvalue weighted by atomic mass is 9.96. The number of nitriles is 1. The maximum absolute atomic E-state index is 13.4. The summed E-state index contributed by atoms with van der Waals surface area (Å²) in [4.78, 5) is 0. The second-order valence-electron chi connectivity index (χ2n) is 3.43. The van der Waals surface area contributed by atoms with Gasteiger partial charge in [0.1, 0.15) is 11.9 Å². The van der Waals surface area contributed by atoms with E-state index in [0.29, 0.717) is 5.03 Å². The molecule has 0 bridgehead atoms. The van der Waals surface area contributed by atoms with Crippen molar-refractivity contribution in [2.45, 2.75) is 6.42 Å². The van der Waals surface area contributed by atoms with Crippen molar-refractivity contribution in [1.29, 1.82) is 5.26 Å². The van der Waals surface area contributed by atoms with E-state index in [-0.39, 0.29) is 5.56 Å². The number of halogens is 2. The van der Waals surface area contributed by atoms with Gasteiger partial charge in [-0.25, -0.2) is 4.39 Å². The quantitative estimate of drug-likeness (QED) is 0.722. The smallest absolute Gasteiger partial charge is 0.141 e. The van der Waals surface area contributed by atoms with Gasteiger partial charge in [0.05, 0.1) is 5.56 Å². The summed E-state index contributed by atoms with van der Waals surface area (Å²) >= 11 is 5.88. The Morgan fingerprint density at radius 1 is 1.38 bits per heavy atom. The van der Waals surface area contributed by atoms with E-state index in [1.165, 1.54) is 12.1 Å². The van der Waals surface area contributed by atoms with Crippen LogP contribution >= 0.6 is 11.6 Å². The fourth-order valence-electron chi connectivity index (χ4n) is 1.55. The van der Waals surface area contributed by atoms with E-state index < -0.39 is 5.82 Å². The average molecular weight is 233 g/mol. The molecule has 0 saturated carbocycles. The van der Waals surface area contributed by atoms with Crippen LogP contribution < -0.4 is 0 Å². The Labute approximate surface area is 98.5 Å². The first-order valence-corrected chi connectivity index (χ1v) is 5.19. The van der Waals surface area contributed by atoms with Gasteiger partial charge in [-0.05, 0) is 42.2 Å². The summed E-state index contributed by atoms with van der Waals surface area (Å²) in [6, 6.07) is 6.35. The molecule has 1 nitrogen and oxygen atoms in total. The Hall–Kier alpha value is -1.59. The molecule has 0 atom stereocenters. The fourth-order valence-corrected chi connectivity index (χ4v) is 1.76. The molecule has 1 radical (unpaired) electrons. The molecule has 79 valence electrons. The third-order valence-electron chi connectivity index (χ3n) is 2.37. The van der Waals surface area contributed by atoms with Gasteiger partial charge in [-0.2, -0.15) is 5.26 Å². The van der Waals surface area contributed by atoms with Gasteiger partial charge < -0.3 is 0 Å². The normalized spacial score (nSPS) is 15.1. The molecular formula is C13H8ClFN. The van der Waals surface area contributed by atoms with Crippen LogP contribution in [0.15, 0.2) is 35.4 Å². The van der Waals surface area contributed by atoms with Gasteiger partial charge in [-0.3, -0.25) is 0 Å². The fraction of sp³-hybridized carbons (Fsp3) is 0.0769. The zero-order chi connectivity index (χ0) is 11.5. The van der Waals surface area contributed by atoms with E-state index in [1.807, 2.05) is 12.5 Å². The van der Waals surface area contributed by atoms with Gasteiger partial charge in [-0.15, -0.1) is 0 Å². The van der Waals surface area contributed by atoms with Crippen molar-refractivity contribution in [3.05, 3.63) is 58.7 Å². The zero-order valence-electron chi connectivity index (χ0n) is 8.37. The molecule has 1 aliphatic carbocycles. The van der Waals surface area contributed by atoms with Gasteiger partial charge in [0.2, 0.25) is 0 Å². The van der Waals surface area contributed by atoms with Gasteiger partial charge in [0, 0.05) is 5.03 Å². The molecule has 1 aromatic rings. The molecule has 16 heavy (non-hydrogen) atoms. The van der Waals surface area contributed by atoms with E-state index in [9.17, 15) is 4.39 Å². The van der Waals surface area contributed by atoms with Crippen LogP contribution in [0.5, 0.6) is 0 Å². The van der Waals surface area contributed by atoms with Crippen LogP contribution in [-0.4, -0.2) is 0 Å². The molecule has 0 aromatic heterocycles. The first kappa shape index (κ1) is 10.9. The first-order chi connectivity index (χ1) is 7.70. The minimum absolute atomic E-state index is 0.0572. The summed E-state index contributed by atoms with van der Waals surface area (Å²) in [7, 11) is 0. The summed E-state index contributed by atoms with van der Waals surface area (Å²) in [5, 5.41) is 9.27. The highest BCUT2D eigenvalue weighted by Gasteiger charge is 2.09. The van der Waals surface area contributed by atoms with Crippen molar-refractivity contribution in [2.24, 2.45) is 0 Å². The molecule has 0 N–H and O–H groups in total. The maximum Gasteiger partial charge on any atom is 0.141 e. The SMILES string of the molecule is N#Cc1ccc(C2=CC(Cl)=CC[CH]2)cc1F. The molecule has 0 fully saturated rings. The second-order valence-corrected chi connectivity index (χ2v) is 3.87. The van der Waals surface area contributed by atoms with E-state index in [2.05, 4.69) is 0 Å². The molecule has 2 rings (SSSR count). The highest BCUT2D eigenvalue weighted by Crippen LogP contribution is 2.27. The van der Waals surface area contributed by atoms with Crippen molar-refractivity contribution >= 4 is 17.2 Å². The molecular weight excluding hydrogens is 225 g/mol. The number of hydrogen-bond donors (Lipinski definition) is 0. The number of rotatable bonds is 1. The number of benzene rings is 1. The third-order valence-corrected chi connectivity index (χ3v) is 2.63. The monoisotopic (exact) mass is 232 g/mol. The standard InChI is InChI=1S/C13H8ClFN/c14-12-3-1-2-9(6-12)10-4-5-11(8-16)13(15)7-10/h2-7H,1H2. The van der Waals surface area contributed by atoms with E-state index in [0.717, 1.165) is 17.6 Å². The summed E-state index contributed by atoms with van der Waals surface area (Å²) in [5.41, 5.74) is 1.68. The second kappa shape index (κ2) is 4.51. The zero-order valence-corrected chi connectivity index (χ0v) is 9.13. The Morgan fingerprint density at radius 3 is 2.81 bits per heavy atom. The van der Waals surface area contributed by atoms with Gasteiger partial charge >= 0.3 is 0 Å². The Kier molecular flexibility index (Phi) is 3.07. The van der Waals surface area contributed by atoms with Crippen LogP contribution in [0, 0.1) is 23.6 Å². The molecule has 0 aliphatic heterocycles. The molecule has 0 spiro atoms. The van der Waals surface area contributed by atoms with Crippen LogP contribution in [0.1, 0.15) is 17.5 Å². The predicted molar refractivity (Wildman–Crippen MR) is 61.9 cm³/mol. The lowest BCUT2D eigenvalue weighted by Crippen LogP contribution is -1.93. The van der Waals surface area contributed by atoms with Gasteiger partial charge in [0.25, 0.3) is 0 Å². The highest BCUT2D eigenvalue weighted by atomic mass is 35.5. The highest BCUT2D eigenvalue weighted by molar-refractivity contribution is 6.32. The van der Waals surface area contributed by atoms with Crippen molar-refractivity contribution in [1.82, 2.24) is 0 Å².